The van der Waals surface area contributed by atoms with Crippen molar-refractivity contribution < 1.29 is 8.78 Å². The summed E-state index contributed by atoms with van der Waals surface area (Å²) in [4.78, 5) is 13.3. The number of nitrogens with zero attached hydrogens (tertiary/aromatic N) is 4. The molecule has 2 saturated heterocycles. The SMILES string of the molecule is Fc1ccc(CN2CCC(Nc3cc(N4CCCC4)ncn3)CC2)cc1F. The van der Waals surface area contributed by atoms with Crippen LogP contribution in [0.3, 0.4) is 0 Å². The molecule has 0 atom stereocenters. The van der Waals surface area contributed by atoms with Crippen LogP contribution >= 0.6 is 0 Å². The molecular formula is C20H25F2N5. The van der Waals surface area contributed by atoms with Gasteiger partial charge in [0, 0.05) is 44.8 Å². The van der Waals surface area contributed by atoms with Crippen molar-refractivity contribution >= 4 is 11.6 Å². The van der Waals surface area contributed by atoms with Gasteiger partial charge in [-0.15, -0.1) is 0 Å². The molecule has 27 heavy (non-hydrogen) atoms. The molecule has 144 valence electrons. The Balaban J connectivity index is 1.29. The summed E-state index contributed by atoms with van der Waals surface area (Å²) in [6.07, 6.45) is 6.07. The van der Waals surface area contributed by atoms with Gasteiger partial charge in [-0.2, -0.15) is 0 Å². The highest BCUT2D eigenvalue weighted by atomic mass is 19.2. The van der Waals surface area contributed by atoms with E-state index in [-0.39, 0.29) is 0 Å². The fourth-order valence-electron chi connectivity index (χ4n) is 3.89. The largest absolute Gasteiger partial charge is 0.367 e. The van der Waals surface area contributed by atoms with Crippen LogP contribution in [0.5, 0.6) is 0 Å². The molecule has 0 spiro atoms. The topological polar surface area (TPSA) is 44.3 Å². The van der Waals surface area contributed by atoms with E-state index in [1.807, 2.05) is 6.07 Å². The number of likely N-dealkylation sites (tertiary alicyclic amines) is 1. The van der Waals surface area contributed by atoms with E-state index in [1.165, 1.54) is 25.0 Å². The lowest BCUT2D eigenvalue weighted by atomic mass is 10.0. The molecular weight excluding hydrogens is 348 g/mol. The van der Waals surface area contributed by atoms with Gasteiger partial charge in [-0.3, -0.25) is 4.90 Å². The minimum absolute atomic E-state index is 0.368. The van der Waals surface area contributed by atoms with Gasteiger partial charge >= 0.3 is 0 Å². The summed E-state index contributed by atoms with van der Waals surface area (Å²) in [5, 5.41) is 3.53. The molecule has 1 N–H and O–H groups in total. The molecule has 5 nitrogen and oxygen atoms in total. The molecule has 1 aromatic heterocycles. The highest BCUT2D eigenvalue weighted by Crippen LogP contribution is 2.22. The van der Waals surface area contributed by atoms with Gasteiger partial charge in [-0.1, -0.05) is 6.07 Å². The average Bonchev–Trinajstić information content (AvgIpc) is 3.22. The number of halogens is 2. The second-order valence-corrected chi connectivity index (χ2v) is 7.40. The third-order valence-electron chi connectivity index (χ3n) is 5.41. The zero-order valence-electron chi connectivity index (χ0n) is 15.4. The van der Waals surface area contributed by atoms with Crippen molar-refractivity contribution in [2.75, 3.05) is 36.4 Å². The predicted octanol–water partition coefficient (Wildman–Crippen LogP) is 3.43. The summed E-state index contributed by atoms with van der Waals surface area (Å²) in [6.45, 7) is 4.62. The van der Waals surface area contributed by atoms with Crippen molar-refractivity contribution in [1.82, 2.24) is 14.9 Å². The van der Waals surface area contributed by atoms with Crippen molar-refractivity contribution in [2.45, 2.75) is 38.3 Å². The normalized spacial score (nSPS) is 18.8. The second kappa shape index (κ2) is 8.17. The molecule has 0 bridgehead atoms. The van der Waals surface area contributed by atoms with Crippen LogP contribution in [-0.2, 0) is 6.54 Å². The van der Waals surface area contributed by atoms with E-state index >= 15 is 0 Å². The molecule has 0 saturated carbocycles. The molecule has 0 radical (unpaired) electrons. The molecule has 3 heterocycles. The van der Waals surface area contributed by atoms with E-state index < -0.39 is 11.6 Å². The van der Waals surface area contributed by atoms with Crippen LogP contribution in [0.25, 0.3) is 0 Å². The first-order chi connectivity index (χ1) is 13.2. The van der Waals surface area contributed by atoms with Crippen molar-refractivity contribution in [3.05, 3.63) is 47.8 Å². The summed E-state index contributed by atoms with van der Waals surface area (Å²) in [5.41, 5.74) is 0.811. The first-order valence-electron chi connectivity index (χ1n) is 9.67. The third-order valence-corrected chi connectivity index (χ3v) is 5.41. The van der Waals surface area contributed by atoms with Crippen molar-refractivity contribution in [3.63, 3.8) is 0 Å². The summed E-state index contributed by atoms with van der Waals surface area (Å²) >= 11 is 0. The minimum Gasteiger partial charge on any atom is -0.367 e. The summed E-state index contributed by atoms with van der Waals surface area (Å²) in [6, 6.07) is 6.56. The van der Waals surface area contributed by atoms with Gasteiger partial charge < -0.3 is 10.2 Å². The number of hydrogen-bond acceptors (Lipinski definition) is 5. The van der Waals surface area contributed by atoms with E-state index in [9.17, 15) is 8.78 Å². The molecule has 2 aliphatic rings. The molecule has 2 fully saturated rings. The number of aromatic nitrogens is 2. The maximum Gasteiger partial charge on any atom is 0.159 e. The van der Waals surface area contributed by atoms with E-state index in [0.717, 1.165) is 56.2 Å². The lowest BCUT2D eigenvalue weighted by Crippen LogP contribution is -2.38. The smallest absolute Gasteiger partial charge is 0.159 e. The van der Waals surface area contributed by atoms with Crippen molar-refractivity contribution in [2.24, 2.45) is 0 Å². The van der Waals surface area contributed by atoms with Crippen LogP contribution in [0, 0.1) is 11.6 Å². The van der Waals surface area contributed by atoms with Crippen LogP contribution in [0.4, 0.5) is 20.4 Å². The molecule has 0 unspecified atom stereocenters. The molecule has 0 aliphatic carbocycles. The van der Waals surface area contributed by atoms with Crippen molar-refractivity contribution in [1.29, 1.82) is 0 Å². The van der Waals surface area contributed by atoms with Crippen LogP contribution in [0.15, 0.2) is 30.6 Å². The maximum absolute atomic E-state index is 13.4. The Morgan fingerprint density at radius 3 is 2.48 bits per heavy atom. The Morgan fingerprint density at radius 2 is 1.74 bits per heavy atom. The Bertz CT molecular complexity index is 771. The minimum atomic E-state index is -0.792. The number of benzene rings is 1. The fourth-order valence-corrected chi connectivity index (χ4v) is 3.89. The molecule has 0 amide bonds. The van der Waals surface area contributed by atoms with Crippen LogP contribution in [-0.4, -0.2) is 47.1 Å². The molecule has 4 rings (SSSR count). The van der Waals surface area contributed by atoms with Gasteiger partial charge in [0.1, 0.15) is 18.0 Å². The molecule has 2 aromatic rings. The first-order valence-corrected chi connectivity index (χ1v) is 9.67. The number of hydrogen-bond donors (Lipinski definition) is 1. The fraction of sp³-hybridized carbons (Fsp3) is 0.500. The Hall–Kier alpha value is -2.28. The molecule has 1 aromatic carbocycles. The Morgan fingerprint density at radius 1 is 0.963 bits per heavy atom. The van der Waals surface area contributed by atoms with Crippen molar-refractivity contribution in [3.8, 4) is 0 Å². The standard InChI is InChI=1S/C20H25F2N5/c21-17-4-3-15(11-18(17)22)13-26-9-5-16(6-10-26)25-19-12-20(24-14-23-19)27-7-1-2-8-27/h3-4,11-12,14,16H,1-2,5-10,13H2,(H,23,24,25). The van der Waals surface area contributed by atoms with Gasteiger partial charge in [0.25, 0.3) is 0 Å². The van der Waals surface area contributed by atoms with Crippen LogP contribution in [0.1, 0.15) is 31.2 Å². The lowest BCUT2D eigenvalue weighted by molar-refractivity contribution is 0.211. The Kier molecular flexibility index (Phi) is 5.48. The summed E-state index contributed by atoms with van der Waals surface area (Å²) < 4.78 is 26.4. The predicted molar refractivity (Wildman–Crippen MR) is 102 cm³/mol. The zero-order valence-corrected chi connectivity index (χ0v) is 15.4. The highest BCUT2D eigenvalue weighted by Gasteiger charge is 2.21. The monoisotopic (exact) mass is 373 g/mol. The highest BCUT2D eigenvalue weighted by molar-refractivity contribution is 5.49. The summed E-state index contributed by atoms with van der Waals surface area (Å²) in [5.74, 6) is 0.313. The number of rotatable bonds is 5. The lowest BCUT2D eigenvalue weighted by Gasteiger charge is -2.32. The van der Waals surface area contributed by atoms with E-state index in [0.29, 0.717) is 12.6 Å². The van der Waals surface area contributed by atoms with Gasteiger partial charge in [-0.05, 0) is 43.4 Å². The number of anilines is 2. The zero-order chi connectivity index (χ0) is 18.6. The number of nitrogens with one attached hydrogen (secondary N) is 1. The average molecular weight is 373 g/mol. The molecule has 2 aliphatic heterocycles. The summed E-state index contributed by atoms with van der Waals surface area (Å²) in [7, 11) is 0. The maximum atomic E-state index is 13.4. The van der Waals surface area contributed by atoms with E-state index in [1.54, 1.807) is 12.4 Å². The second-order valence-electron chi connectivity index (χ2n) is 7.40. The van der Waals surface area contributed by atoms with E-state index in [2.05, 4.69) is 25.1 Å². The Labute approximate surface area is 158 Å². The van der Waals surface area contributed by atoms with Gasteiger partial charge in [0.2, 0.25) is 0 Å². The molecule has 7 heteroatoms. The quantitative estimate of drug-likeness (QED) is 0.870. The van der Waals surface area contributed by atoms with E-state index in [4.69, 9.17) is 0 Å². The first kappa shape index (κ1) is 18.1. The van der Waals surface area contributed by atoms with Crippen LogP contribution in [0.2, 0.25) is 0 Å². The third kappa shape index (κ3) is 4.53. The number of piperidine rings is 1. The van der Waals surface area contributed by atoms with Gasteiger partial charge in [-0.25, -0.2) is 18.7 Å². The van der Waals surface area contributed by atoms with Crippen LogP contribution < -0.4 is 10.2 Å². The van der Waals surface area contributed by atoms with Gasteiger partial charge in [0.05, 0.1) is 0 Å². The van der Waals surface area contributed by atoms with Gasteiger partial charge in [0.15, 0.2) is 11.6 Å².